The number of rotatable bonds is 6. The predicted molar refractivity (Wildman–Crippen MR) is 93.2 cm³/mol. The number of anilines is 1. The van der Waals surface area contributed by atoms with E-state index in [4.69, 9.17) is 11.6 Å². The van der Waals surface area contributed by atoms with Gasteiger partial charge in [-0.15, -0.1) is 0 Å². The summed E-state index contributed by atoms with van der Waals surface area (Å²) in [5.41, 5.74) is 1.63. The van der Waals surface area contributed by atoms with E-state index in [1.807, 2.05) is 18.9 Å². The second kappa shape index (κ2) is 6.76. The van der Waals surface area contributed by atoms with Crippen LogP contribution in [0.2, 0.25) is 5.28 Å². The molecule has 0 atom stereocenters. The molecule has 1 fully saturated rings. The Bertz CT molecular complexity index is 805. The molecule has 1 N–H and O–H groups in total. The lowest BCUT2D eigenvalue weighted by Gasteiger charge is -2.12. The van der Waals surface area contributed by atoms with Gasteiger partial charge in [0.05, 0.1) is 12.7 Å². The summed E-state index contributed by atoms with van der Waals surface area (Å²) in [4.78, 5) is 17.3. The smallest absolute Gasteiger partial charge is 0.226 e. The highest BCUT2D eigenvalue weighted by Gasteiger charge is 2.21. The van der Waals surface area contributed by atoms with Crippen LogP contribution in [-0.2, 0) is 6.54 Å². The fourth-order valence-electron chi connectivity index (χ4n) is 3.35. The van der Waals surface area contributed by atoms with E-state index in [-0.39, 0.29) is 5.28 Å². The molecule has 0 unspecified atom stereocenters. The minimum Gasteiger partial charge on any atom is -0.368 e. The molecule has 1 saturated carbocycles. The van der Waals surface area contributed by atoms with Crippen molar-refractivity contribution < 1.29 is 0 Å². The third-order valence-corrected chi connectivity index (χ3v) is 4.73. The van der Waals surface area contributed by atoms with Crippen LogP contribution in [0.4, 0.5) is 5.82 Å². The quantitative estimate of drug-likeness (QED) is 0.548. The van der Waals surface area contributed by atoms with Crippen LogP contribution < -0.4 is 5.32 Å². The summed E-state index contributed by atoms with van der Waals surface area (Å²) >= 11 is 6.14. The molecule has 3 aromatic heterocycles. The van der Waals surface area contributed by atoms with E-state index in [0.29, 0.717) is 11.9 Å². The molecule has 0 spiro atoms. The van der Waals surface area contributed by atoms with Crippen molar-refractivity contribution in [2.75, 3.05) is 11.9 Å². The monoisotopic (exact) mass is 345 g/mol. The van der Waals surface area contributed by atoms with E-state index < -0.39 is 0 Å². The van der Waals surface area contributed by atoms with Crippen LogP contribution in [0.15, 0.2) is 25.0 Å². The number of fused-ring (bicyclic) bond motifs is 1. The van der Waals surface area contributed by atoms with Crippen molar-refractivity contribution >= 4 is 28.6 Å². The summed E-state index contributed by atoms with van der Waals surface area (Å²) in [5, 5.41) is 3.61. The summed E-state index contributed by atoms with van der Waals surface area (Å²) in [6.45, 7) is 1.70. The van der Waals surface area contributed by atoms with E-state index in [2.05, 4.69) is 34.4 Å². The van der Waals surface area contributed by atoms with Crippen molar-refractivity contribution in [1.29, 1.82) is 0 Å². The van der Waals surface area contributed by atoms with Crippen molar-refractivity contribution in [3.63, 3.8) is 0 Å². The lowest BCUT2D eigenvalue weighted by Crippen LogP contribution is -2.09. The van der Waals surface area contributed by atoms with Crippen LogP contribution in [0.5, 0.6) is 0 Å². The summed E-state index contributed by atoms with van der Waals surface area (Å²) in [6.07, 6.45) is 13.3. The Kier molecular flexibility index (Phi) is 4.34. The third kappa shape index (κ3) is 3.08. The Morgan fingerprint density at radius 3 is 2.88 bits per heavy atom. The van der Waals surface area contributed by atoms with E-state index in [1.54, 1.807) is 6.20 Å². The summed E-state index contributed by atoms with van der Waals surface area (Å²) < 4.78 is 4.21. The number of aryl methyl sites for hydroxylation is 1. The minimum absolute atomic E-state index is 0.263. The van der Waals surface area contributed by atoms with Gasteiger partial charge in [-0.1, -0.05) is 12.8 Å². The zero-order valence-corrected chi connectivity index (χ0v) is 14.2. The van der Waals surface area contributed by atoms with Gasteiger partial charge in [-0.25, -0.2) is 9.97 Å². The first kappa shape index (κ1) is 15.4. The molecule has 0 aliphatic heterocycles. The number of nitrogens with one attached hydrogen (secondary N) is 1. The summed E-state index contributed by atoms with van der Waals surface area (Å²) in [7, 11) is 0. The first-order valence-electron chi connectivity index (χ1n) is 8.41. The Balaban J connectivity index is 1.50. The molecule has 7 nitrogen and oxygen atoms in total. The fraction of sp³-hybridized carbons (Fsp3) is 0.500. The predicted octanol–water partition coefficient (Wildman–Crippen LogP) is 3.29. The highest BCUT2D eigenvalue weighted by Crippen LogP contribution is 2.32. The number of hydrogen-bond acceptors (Lipinski definition) is 5. The Labute approximate surface area is 145 Å². The topological polar surface area (TPSA) is 73.5 Å². The Morgan fingerprint density at radius 1 is 1.21 bits per heavy atom. The molecule has 1 aliphatic rings. The van der Waals surface area contributed by atoms with Crippen molar-refractivity contribution in [2.24, 2.45) is 0 Å². The molecule has 3 aromatic rings. The molecule has 24 heavy (non-hydrogen) atoms. The van der Waals surface area contributed by atoms with Gasteiger partial charge in [-0.2, -0.15) is 9.97 Å². The van der Waals surface area contributed by atoms with E-state index in [9.17, 15) is 0 Å². The SMILES string of the molecule is Clc1nc(NCCCn2ccnc2)c2ncn(C3CCCC3)c2n1. The van der Waals surface area contributed by atoms with Gasteiger partial charge in [0.15, 0.2) is 17.0 Å². The lowest BCUT2D eigenvalue weighted by molar-refractivity contribution is 0.529. The molecule has 3 heterocycles. The first-order valence-corrected chi connectivity index (χ1v) is 8.79. The van der Waals surface area contributed by atoms with Gasteiger partial charge >= 0.3 is 0 Å². The second-order valence-electron chi connectivity index (χ2n) is 6.18. The van der Waals surface area contributed by atoms with Crippen molar-refractivity contribution in [3.05, 3.63) is 30.3 Å². The van der Waals surface area contributed by atoms with E-state index in [0.717, 1.165) is 30.7 Å². The molecule has 4 rings (SSSR count). The van der Waals surface area contributed by atoms with Gasteiger partial charge in [0.1, 0.15) is 0 Å². The molecule has 8 heteroatoms. The molecule has 0 aromatic carbocycles. The Morgan fingerprint density at radius 2 is 2.08 bits per heavy atom. The maximum atomic E-state index is 6.14. The molecular formula is C16H20ClN7. The van der Waals surface area contributed by atoms with E-state index >= 15 is 0 Å². The van der Waals surface area contributed by atoms with Gasteiger partial charge in [-0.05, 0) is 30.9 Å². The number of imidazole rings is 2. The maximum absolute atomic E-state index is 6.14. The highest BCUT2D eigenvalue weighted by molar-refractivity contribution is 6.28. The number of aromatic nitrogens is 6. The Hall–Kier alpha value is -2.15. The second-order valence-corrected chi connectivity index (χ2v) is 6.52. The van der Waals surface area contributed by atoms with Crippen molar-refractivity contribution in [3.8, 4) is 0 Å². The van der Waals surface area contributed by atoms with Crippen LogP contribution in [-0.4, -0.2) is 35.6 Å². The zero-order chi connectivity index (χ0) is 16.4. The van der Waals surface area contributed by atoms with Crippen LogP contribution in [0.1, 0.15) is 38.1 Å². The van der Waals surface area contributed by atoms with Crippen molar-refractivity contribution in [1.82, 2.24) is 29.1 Å². The van der Waals surface area contributed by atoms with E-state index in [1.165, 1.54) is 25.7 Å². The maximum Gasteiger partial charge on any atom is 0.226 e. The number of nitrogens with zero attached hydrogens (tertiary/aromatic N) is 6. The standard InChI is InChI=1S/C16H20ClN7/c17-16-21-14(19-6-3-8-23-9-7-18-10-23)13-15(22-16)24(11-20-13)12-4-1-2-5-12/h7,9-12H,1-6,8H2,(H,19,21,22). The van der Waals surface area contributed by atoms with Gasteiger partial charge in [0.25, 0.3) is 0 Å². The van der Waals surface area contributed by atoms with Crippen LogP contribution in [0.25, 0.3) is 11.2 Å². The first-order chi connectivity index (χ1) is 11.8. The molecule has 1 aliphatic carbocycles. The van der Waals surface area contributed by atoms with Gasteiger partial charge < -0.3 is 14.5 Å². The van der Waals surface area contributed by atoms with Crippen LogP contribution in [0.3, 0.4) is 0 Å². The van der Waals surface area contributed by atoms with Crippen LogP contribution in [0, 0.1) is 0 Å². The molecule has 126 valence electrons. The normalized spacial score (nSPS) is 15.4. The third-order valence-electron chi connectivity index (χ3n) is 4.56. The van der Waals surface area contributed by atoms with Gasteiger partial charge in [0, 0.05) is 31.5 Å². The van der Waals surface area contributed by atoms with Gasteiger partial charge in [0.2, 0.25) is 5.28 Å². The molecule has 0 saturated heterocycles. The van der Waals surface area contributed by atoms with Crippen LogP contribution >= 0.6 is 11.6 Å². The average molecular weight is 346 g/mol. The van der Waals surface area contributed by atoms with Crippen molar-refractivity contribution in [2.45, 2.75) is 44.7 Å². The minimum atomic E-state index is 0.263. The summed E-state index contributed by atoms with van der Waals surface area (Å²) in [6, 6.07) is 0.482. The van der Waals surface area contributed by atoms with Gasteiger partial charge in [-0.3, -0.25) is 0 Å². The average Bonchev–Trinajstić information content (AvgIpc) is 3.31. The number of halogens is 1. The zero-order valence-electron chi connectivity index (χ0n) is 13.4. The molecule has 0 bridgehead atoms. The number of hydrogen-bond donors (Lipinski definition) is 1. The highest BCUT2D eigenvalue weighted by atomic mass is 35.5. The fourth-order valence-corrected chi connectivity index (χ4v) is 3.51. The molecule has 0 radical (unpaired) electrons. The molecule has 0 amide bonds. The summed E-state index contributed by atoms with van der Waals surface area (Å²) in [5.74, 6) is 0.715. The lowest BCUT2D eigenvalue weighted by atomic mass is 10.2. The largest absolute Gasteiger partial charge is 0.368 e. The molecular weight excluding hydrogens is 326 g/mol.